The number of anilines is 2. The molecule has 3 rings (SSSR count). The van der Waals surface area contributed by atoms with Gasteiger partial charge in [0.25, 0.3) is 0 Å². The van der Waals surface area contributed by atoms with E-state index in [1.807, 2.05) is 15.5 Å². The molecule has 17 heavy (non-hydrogen) atoms. The first kappa shape index (κ1) is 10.3. The summed E-state index contributed by atoms with van der Waals surface area (Å²) in [5.41, 5.74) is 6.56. The lowest BCUT2D eigenvalue weighted by Crippen LogP contribution is -2.39. The van der Waals surface area contributed by atoms with Gasteiger partial charge in [0.15, 0.2) is 11.5 Å². The smallest absolute Gasteiger partial charge is 0.180 e. The van der Waals surface area contributed by atoms with Gasteiger partial charge in [0.2, 0.25) is 0 Å². The number of aliphatic hydroxyl groups excluding tert-OH is 1. The summed E-state index contributed by atoms with van der Waals surface area (Å²) in [6, 6.07) is 0. The maximum absolute atomic E-state index is 9.70. The molecular weight excluding hydrogens is 218 g/mol. The molecule has 1 aliphatic heterocycles. The molecule has 1 atom stereocenters. The van der Waals surface area contributed by atoms with Gasteiger partial charge in [-0.3, -0.25) is 0 Å². The third-order valence-corrected chi connectivity index (χ3v) is 3.07. The molecule has 0 saturated carbocycles. The van der Waals surface area contributed by atoms with Crippen molar-refractivity contribution in [1.29, 1.82) is 0 Å². The van der Waals surface area contributed by atoms with Crippen molar-refractivity contribution in [3.05, 3.63) is 18.6 Å². The van der Waals surface area contributed by atoms with E-state index in [0.717, 1.165) is 30.9 Å². The molecule has 3 N–H and O–H groups in total. The molecule has 0 amide bonds. The zero-order chi connectivity index (χ0) is 11.8. The van der Waals surface area contributed by atoms with Crippen molar-refractivity contribution in [3.63, 3.8) is 0 Å². The first-order chi connectivity index (χ1) is 8.24. The van der Waals surface area contributed by atoms with Crippen molar-refractivity contribution in [2.24, 2.45) is 0 Å². The van der Waals surface area contributed by atoms with Crippen molar-refractivity contribution in [2.75, 3.05) is 23.7 Å². The van der Waals surface area contributed by atoms with E-state index in [4.69, 9.17) is 5.73 Å². The van der Waals surface area contributed by atoms with E-state index in [9.17, 15) is 5.11 Å². The SMILES string of the molecule is Nc1cn2ccnc2c(N2CCCC(O)C2)n1. The zero-order valence-electron chi connectivity index (χ0n) is 9.45. The monoisotopic (exact) mass is 233 g/mol. The average Bonchev–Trinajstić information content (AvgIpc) is 2.75. The highest BCUT2D eigenvalue weighted by Gasteiger charge is 2.21. The Hall–Kier alpha value is -1.82. The predicted molar refractivity (Wildman–Crippen MR) is 64.9 cm³/mol. The van der Waals surface area contributed by atoms with Crippen LogP contribution in [0.2, 0.25) is 0 Å². The Balaban J connectivity index is 2.06. The number of nitrogens with zero attached hydrogens (tertiary/aromatic N) is 4. The number of aromatic nitrogens is 3. The molecule has 0 radical (unpaired) electrons. The number of β-amino-alcohol motifs (C(OH)–C–C–N with tert-alkyl or cyclic N) is 1. The van der Waals surface area contributed by atoms with E-state index in [1.165, 1.54) is 0 Å². The van der Waals surface area contributed by atoms with Crippen LogP contribution >= 0.6 is 0 Å². The van der Waals surface area contributed by atoms with Crippen LogP contribution in [-0.2, 0) is 0 Å². The summed E-state index contributed by atoms with van der Waals surface area (Å²) in [5.74, 6) is 1.22. The van der Waals surface area contributed by atoms with Gasteiger partial charge in [-0.1, -0.05) is 0 Å². The summed E-state index contributed by atoms with van der Waals surface area (Å²) < 4.78 is 1.86. The van der Waals surface area contributed by atoms with Crippen LogP contribution in [0.5, 0.6) is 0 Å². The first-order valence-electron chi connectivity index (χ1n) is 5.76. The lowest BCUT2D eigenvalue weighted by molar-refractivity contribution is 0.154. The Bertz CT molecular complexity index is 538. The van der Waals surface area contributed by atoms with Crippen LogP contribution < -0.4 is 10.6 Å². The van der Waals surface area contributed by atoms with E-state index in [2.05, 4.69) is 9.97 Å². The molecular formula is C11H15N5O. The second kappa shape index (κ2) is 3.89. The number of nitrogens with two attached hydrogens (primary N) is 1. The van der Waals surface area contributed by atoms with Gasteiger partial charge in [-0.15, -0.1) is 0 Å². The molecule has 1 saturated heterocycles. The Morgan fingerprint density at radius 1 is 1.47 bits per heavy atom. The third-order valence-electron chi connectivity index (χ3n) is 3.07. The fraction of sp³-hybridized carbons (Fsp3) is 0.455. The number of hydrogen-bond donors (Lipinski definition) is 2. The van der Waals surface area contributed by atoms with Crippen molar-refractivity contribution in [3.8, 4) is 0 Å². The fourth-order valence-electron chi connectivity index (χ4n) is 2.29. The number of piperidine rings is 1. The van der Waals surface area contributed by atoms with Gasteiger partial charge >= 0.3 is 0 Å². The number of fused-ring (bicyclic) bond motifs is 1. The number of hydrogen-bond acceptors (Lipinski definition) is 5. The summed E-state index contributed by atoms with van der Waals surface area (Å²) in [5, 5.41) is 9.70. The lowest BCUT2D eigenvalue weighted by Gasteiger charge is -2.31. The Morgan fingerprint density at radius 2 is 2.35 bits per heavy atom. The summed E-state index contributed by atoms with van der Waals surface area (Å²) in [7, 11) is 0. The average molecular weight is 233 g/mol. The van der Waals surface area contributed by atoms with Gasteiger partial charge in [0, 0.05) is 25.5 Å². The third kappa shape index (κ3) is 1.80. The van der Waals surface area contributed by atoms with Crippen LogP contribution in [0.25, 0.3) is 5.65 Å². The van der Waals surface area contributed by atoms with Gasteiger partial charge in [0.1, 0.15) is 5.82 Å². The van der Waals surface area contributed by atoms with Gasteiger partial charge in [-0.25, -0.2) is 9.97 Å². The molecule has 6 heteroatoms. The topological polar surface area (TPSA) is 79.7 Å². The number of nitrogen functional groups attached to an aromatic ring is 1. The van der Waals surface area contributed by atoms with E-state index in [1.54, 1.807) is 12.4 Å². The molecule has 0 aliphatic carbocycles. The molecule has 6 nitrogen and oxygen atoms in total. The van der Waals surface area contributed by atoms with Gasteiger partial charge in [0.05, 0.1) is 12.3 Å². The molecule has 90 valence electrons. The van der Waals surface area contributed by atoms with Crippen molar-refractivity contribution in [1.82, 2.24) is 14.4 Å². The predicted octanol–water partition coefficient (Wildman–Crippen LogP) is 0.273. The van der Waals surface area contributed by atoms with E-state index < -0.39 is 0 Å². The molecule has 0 spiro atoms. The fourth-order valence-corrected chi connectivity index (χ4v) is 2.29. The van der Waals surface area contributed by atoms with E-state index >= 15 is 0 Å². The molecule has 1 fully saturated rings. The van der Waals surface area contributed by atoms with Crippen LogP contribution in [-0.4, -0.2) is 38.7 Å². The highest BCUT2D eigenvalue weighted by molar-refractivity contribution is 5.66. The van der Waals surface area contributed by atoms with Crippen LogP contribution in [0.1, 0.15) is 12.8 Å². The molecule has 0 aromatic carbocycles. The number of rotatable bonds is 1. The van der Waals surface area contributed by atoms with Crippen LogP contribution in [0.3, 0.4) is 0 Å². The normalized spacial score (nSPS) is 21.0. The minimum atomic E-state index is -0.290. The second-order valence-electron chi connectivity index (χ2n) is 4.39. The Labute approximate surface area is 98.7 Å². The van der Waals surface area contributed by atoms with Crippen molar-refractivity contribution >= 4 is 17.3 Å². The molecule has 3 heterocycles. The molecule has 1 aliphatic rings. The van der Waals surface area contributed by atoms with Crippen LogP contribution in [0.4, 0.5) is 11.6 Å². The molecule has 2 aromatic rings. The summed E-state index contributed by atoms with van der Waals surface area (Å²) in [6.45, 7) is 1.48. The van der Waals surface area contributed by atoms with Gasteiger partial charge in [-0.2, -0.15) is 0 Å². The molecule has 0 bridgehead atoms. The minimum absolute atomic E-state index is 0.290. The number of aliphatic hydroxyl groups is 1. The van der Waals surface area contributed by atoms with Crippen LogP contribution in [0, 0.1) is 0 Å². The second-order valence-corrected chi connectivity index (χ2v) is 4.39. The van der Waals surface area contributed by atoms with Crippen molar-refractivity contribution in [2.45, 2.75) is 18.9 Å². The highest BCUT2D eigenvalue weighted by Crippen LogP contribution is 2.23. The van der Waals surface area contributed by atoms with Crippen LogP contribution in [0.15, 0.2) is 18.6 Å². The highest BCUT2D eigenvalue weighted by atomic mass is 16.3. The van der Waals surface area contributed by atoms with Gasteiger partial charge < -0.3 is 20.1 Å². The standard InChI is InChI=1S/C11H15N5O/c12-9-7-16-5-3-13-10(16)11(14-9)15-4-1-2-8(17)6-15/h3,5,7-8,17H,1-2,4,6,12H2. The summed E-state index contributed by atoms with van der Waals surface area (Å²) >= 11 is 0. The van der Waals surface area contributed by atoms with E-state index in [0.29, 0.717) is 12.4 Å². The molecule has 2 aromatic heterocycles. The largest absolute Gasteiger partial charge is 0.391 e. The minimum Gasteiger partial charge on any atom is -0.391 e. The quantitative estimate of drug-likeness (QED) is 0.739. The van der Waals surface area contributed by atoms with E-state index in [-0.39, 0.29) is 6.10 Å². The zero-order valence-corrected chi connectivity index (χ0v) is 9.45. The maximum Gasteiger partial charge on any atom is 0.180 e. The number of imidazole rings is 1. The summed E-state index contributed by atoms with van der Waals surface area (Å²) in [6.07, 6.45) is 6.83. The Kier molecular flexibility index (Phi) is 2.36. The maximum atomic E-state index is 9.70. The lowest BCUT2D eigenvalue weighted by atomic mass is 10.1. The van der Waals surface area contributed by atoms with Gasteiger partial charge in [-0.05, 0) is 12.8 Å². The Morgan fingerprint density at radius 3 is 3.18 bits per heavy atom. The molecule has 1 unspecified atom stereocenters. The van der Waals surface area contributed by atoms with Crippen molar-refractivity contribution < 1.29 is 5.11 Å². The first-order valence-corrected chi connectivity index (χ1v) is 5.76. The summed E-state index contributed by atoms with van der Waals surface area (Å²) in [4.78, 5) is 10.7.